The Hall–Kier alpha value is -3.37. The maximum Gasteiger partial charge on any atom is 0.490 e. The van der Waals surface area contributed by atoms with Crippen molar-refractivity contribution in [3.63, 3.8) is 0 Å². The minimum absolute atomic E-state index is 0.0286. The molecule has 32 heavy (non-hydrogen) atoms. The summed E-state index contributed by atoms with van der Waals surface area (Å²) in [7, 11) is 3.29. The fraction of sp³-hybridized carbons (Fsp3) is 0.190. The number of fused-ring (bicyclic) bond motifs is 1. The summed E-state index contributed by atoms with van der Waals surface area (Å²) in [5, 5.41) is 8.09. The third kappa shape index (κ3) is 5.27. The van der Waals surface area contributed by atoms with Crippen LogP contribution < -0.4 is 11.2 Å². The van der Waals surface area contributed by atoms with Crippen molar-refractivity contribution in [2.24, 2.45) is 5.73 Å². The van der Waals surface area contributed by atoms with Crippen molar-refractivity contribution in [2.75, 3.05) is 14.1 Å². The zero-order valence-corrected chi connectivity index (χ0v) is 17.7. The molecule has 3 rings (SSSR count). The van der Waals surface area contributed by atoms with Gasteiger partial charge in [-0.1, -0.05) is 29.8 Å². The number of hydrogen-bond acceptors (Lipinski definition) is 4. The van der Waals surface area contributed by atoms with Gasteiger partial charge in [-0.15, -0.1) is 0 Å². The average molecular weight is 470 g/mol. The third-order valence-electron chi connectivity index (χ3n) is 4.30. The Balaban J connectivity index is 0.000000451. The number of benzene rings is 2. The van der Waals surface area contributed by atoms with Crippen molar-refractivity contribution in [2.45, 2.75) is 12.7 Å². The Labute approximate surface area is 185 Å². The number of hydrogen-bond donors (Lipinski definition) is 2. The number of carbonyl (C=O) groups excluding carboxylic acids is 1. The number of aromatic nitrogens is 1. The molecule has 1 heterocycles. The van der Waals surface area contributed by atoms with Gasteiger partial charge in [-0.25, -0.2) is 4.79 Å². The molecule has 0 unspecified atom stereocenters. The van der Waals surface area contributed by atoms with E-state index in [0.29, 0.717) is 15.9 Å². The molecule has 0 fully saturated rings. The third-order valence-corrected chi connectivity index (χ3v) is 4.53. The molecule has 170 valence electrons. The molecule has 2 aromatic carbocycles. The van der Waals surface area contributed by atoms with E-state index in [9.17, 15) is 22.8 Å². The molecule has 11 heteroatoms. The molecular formula is C21H19ClF3N3O4. The van der Waals surface area contributed by atoms with Crippen LogP contribution >= 0.6 is 11.6 Å². The first-order valence-corrected chi connectivity index (χ1v) is 9.42. The minimum Gasteiger partial charge on any atom is -0.475 e. The minimum atomic E-state index is -5.08. The van der Waals surface area contributed by atoms with Gasteiger partial charge in [-0.3, -0.25) is 9.59 Å². The van der Waals surface area contributed by atoms with Crippen LogP contribution in [0.25, 0.3) is 16.6 Å². The molecule has 0 aliphatic carbocycles. The standard InChI is InChI=1S/C19H18ClN3O2.C2HF3O2/c1-22(2)19(25)17-15(11-21)18(24)14-9-8-12(20)10-16(14)23(17)13-6-4-3-5-7-13;3-2(4,5)1(6)7/h3-10H,11,21H2,1-2H3;(H,6,7). The van der Waals surface area contributed by atoms with E-state index in [4.69, 9.17) is 27.2 Å². The number of aliphatic carboxylic acids is 1. The number of nitrogens with two attached hydrogens (primary N) is 1. The zero-order valence-electron chi connectivity index (χ0n) is 17.0. The number of halogens is 4. The van der Waals surface area contributed by atoms with E-state index < -0.39 is 12.1 Å². The van der Waals surface area contributed by atoms with Crippen LogP contribution in [0.15, 0.2) is 53.3 Å². The number of alkyl halides is 3. The van der Waals surface area contributed by atoms with Crippen molar-refractivity contribution < 1.29 is 27.9 Å². The summed E-state index contributed by atoms with van der Waals surface area (Å²) in [5.74, 6) is -3.05. The van der Waals surface area contributed by atoms with Crippen LogP contribution in [0, 0.1) is 0 Å². The van der Waals surface area contributed by atoms with E-state index in [1.54, 1.807) is 36.9 Å². The second-order valence-corrected chi connectivity index (χ2v) is 7.13. The number of carbonyl (C=O) groups is 2. The van der Waals surface area contributed by atoms with Crippen LogP contribution in [0.3, 0.4) is 0 Å². The van der Waals surface area contributed by atoms with Gasteiger partial charge in [0, 0.05) is 42.3 Å². The largest absolute Gasteiger partial charge is 0.490 e. The first-order chi connectivity index (χ1) is 14.9. The topological polar surface area (TPSA) is 106 Å². The molecule has 1 amide bonds. The molecule has 0 radical (unpaired) electrons. The second kappa shape index (κ2) is 9.84. The number of rotatable bonds is 3. The predicted molar refractivity (Wildman–Crippen MR) is 114 cm³/mol. The van der Waals surface area contributed by atoms with Gasteiger partial charge in [-0.2, -0.15) is 13.2 Å². The summed E-state index contributed by atoms with van der Waals surface area (Å²) in [6.45, 7) is -0.0286. The molecule has 0 aliphatic rings. The lowest BCUT2D eigenvalue weighted by atomic mass is 10.1. The molecule has 7 nitrogen and oxygen atoms in total. The van der Waals surface area contributed by atoms with Gasteiger partial charge in [0.2, 0.25) is 0 Å². The lowest BCUT2D eigenvalue weighted by molar-refractivity contribution is -0.192. The van der Waals surface area contributed by atoms with Crippen LogP contribution in [-0.4, -0.2) is 46.7 Å². The van der Waals surface area contributed by atoms with Gasteiger partial charge in [0.1, 0.15) is 5.69 Å². The average Bonchev–Trinajstić information content (AvgIpc) is 2.73. The predicted octanol–water partition coefficient (Wildman–Crippen LogP) is 3.44. The smallest absolute Gasteiger partial charge is 0.475 e. The summed E-state index contributed by atoms with van der Waals surface area (Å²) < 4.78 is 33.5. The van der Waals surface area contributed by atoms with Gasteiger partial charge in [0.05, 0.1) is 5.52 Å². The SMILES string of the molecule is CN(C)C(=O)c1c(CN)c(=O)c2ccc(Cl)cc2n1-c1ccccc1.O=C(O)C(F)(F)F. The van der Waals surface area contributed by atoms with Crippen molar-refractivity contribution in [3.05, 3.63) is 75.0 Å². The fourth-order valence-electron chi connectivity index (χ4n) is 2.88. The Morgan fingerprint density at radius 1 is 1.12 bits per heavy atom. The fourth-order valence-corrected chi connectivity index (χ4v) is 3.04. The zero-order chi connectivity index (χ0) is 24.2. The monoisotopic (exact) mass is 469 g/mol. The van der Waals surface area contributed by atoms with Gasteiger partial charge in [0.25, 0.3) is 5.91 Å². The van der Waals surface area contributed by atoms with Crippen molar-refractivity contribution >= 4 is 34.4 Å². The Morgan fingerprint density at radius 2 is 1.69 bits per heavy atom. The van der Waals surface area contributed by atoms with Crippen LogP contribution in [0.5, 0.6) is 0 Å². The number of carboxylic acid groups (broad SMARTS) is 1. The molecule has 3 aromatic rings. The Morgan fingerprint density at radius 3 is 2.16 bits per heavy atom. The first kappa shape index (κ1) is 24.9. The summed E-state index contributed by atoms with van der Waals surface area (Å²) in [6, 6.07) is 14.4. The number of pyridine rings is 1. The number of carboxylic acids is 1. The normalized spacial score (nSPS) is 11.0. The van der Waals surface area contributed by atoms with E-state index in [-0.39, 0.29) is 29.1 Å². The van der Waals surface area contributed by atoms with Gasteiger partial charge in [-0.05, 0) is 30.3 Å². The summed E-state index contributed by atoms with van der Waals surface area (Å²) in [4.78, 5) is 36.1. The van der Waals surface area contributed by atoms with Crippen LogP contribution in [0.1, 0.15) is 16.1 Å². The maximum atomic E-state index is 12.9. The first-order valence-electron chi connectivity index (χ1n) is 9.04. The lowest BCUT2D eigenvalue weighted by Crippen LogP contribution is -2.32. The summed E-state index contributed by atoms with van der Waals surface area (Å²) in [6.07, 6.45) is -5.08. The lowest BCUT2D eigenvalue weighted by Gasteiger charge is -2.22. The second-order valence-electron chi connectivity index (χ2n) is 6.70. The highest BCUT2D eigenvalue weighted by atomic mass is 35.5. The molecule has 0 aliphatic heterocycles. The summed E-state index contributed by atoms with van der Waals surface area (Å²) in [5.41, 5.74) is 7.49. The highest BCUT2D eigenvalue weighted by molar-refractivity contribution is 6.31. The van der Waals surface area contributed by atoms with Crippen molar-refractivity contribution in [3.8, 4) is 5.69 Å². The van der Waals surface area contributed by atoms with Crippen LogP contribution in [-0.2, 0) is 11.3 Å². The Kier molecular flexibility index (Phi) is 7.65. The van der Waals surface area contributed by atoms with E-state index >= 15 is 0 Å². The van der Waals surface area contributed by atoms with E-state index in [2.05, 4.69) is 0 Å². The quantitative estimate of drug-likeness (QED) is 0.611. The molecule has 3 N–H and O–H groups in total. The van der Waals surface area contributed by atoms with Crippen molar-refractivity contribution in [1.29, 1.82) is 0 Å². The molecular weight excluding hydrogens is 451 g/mol. The molecule has 0 saturated heterocycles. The molecule has 0 spiro atoms. The van der Waals surface area contributed by atoms with Crippen LogP contribution in [0.2, 0.25) is 5.02 Å². The van der Waals surface area contributed by atoms with Gasteiger partial charge >= 0.3 is 12.1 Å². The van der Waals surface area contributed by atoms with Crippen molar-refractivity contribution in [1.82, 2.24) is 9.47 Å². The highest BCUT2D eigenvalue weighted by Gasteiger charge is 2.38. The van der Waals surface area contributed by atoms with E-state index in [1.807, 2.05) is 30.3 Å². The van der Waals surface area contributed by atoms with E-state index in [1.165, 1.54) is 4.90 Å². The Bertz CT molecular complexity index is 1210. The maximum absolute atomic E-state index is 12.9. The number of amides is 1. The number of nitrogens with zero attached hydrogens (tertiary/aromatic N) is 2. The molecule has 0 bridgehead atoms. The van der Waals surface area contributed by atoms with Gasteiger partial charge in [0.15, 0.2) is 5.43 Å². The molecule has 1 aromatic heterocycles. The van der Waals surface area contributed by atoms with Gasteiger partial charge < -0.3 is 20.3 Å². The van der Waals surface area contributed by atoms with Crippen LogP contribution in [0.4, 0.5) is 13.2 Å². The summed E-state index contributed by atoms with van der Waals surface area (Å²) >= 11 is 6.16. The molecule has 0 atom stereocenters. The molecule has 0 saturated carbocycles. The highest BCUT2D eigenvalue weighted by Crippen LogP contribution is 2.25. The number of para-hydroxylation sites is 1. The van der Waals surface area contributed by atoms with E-state index in [0.717, 1.165) is 5.69 Å².